The molecule has 0 radical (unpaired) electrons. The highest BCUT2D eigenvalue weighted by molar-refractivity contribution is 6.10. The zero-order chi connectivity index (χ0) is 26.8. The van der Waals surface area contributed by atoms with Crippen molar-refractivity contribution in [3.05, 3.63) is 78.1 Å². The monoisotopic (exact) mass is 527 g/mol. The van der Waals surface area contributed by atoms with Crippen molar-refractivity contribution >= 4 is 27.6 Å². The number of ketones is 1. The lowest BCUT2D eigenvalue weighted by Gasteiger charge is -2.29. The van der Waals surface area contributed by atoms with Gasteiger partial charge in [-0.1, -0.05) is 49.2 Å². The average molecular weight is 528 g/mol. The molecule has 1 aromatic heterocycles. The summed E-state index contributed by atoms with van der Waals surface area (Å²) in [5.41, 5.74) is 3.04. The van der Waals surface area contributed by atoms with Crippen LogP contribution in [-0.4, -0.2) is 28.6 Å². The van der Waals surface area contributed by atoms with Crippen molar-refractivity contribution in [1.29, 1.82) is 0 Å². The molecular formula is C34H38FNO3. The fourth-order valence-corrected chi connectivity index (χ4v) is 6.90. The Kier molecular flexibility index (Phi) is 7.69. The first-order chi connectivity index (χ1) is 19.0. The van der Waals surface area contributed by atoms with Gasteiger partial charge in [-0.15, -0.1) is 0 Å². The first-order valence-electron chi connectivity index (χ1n) is 14.6. The fraction of sp³-hybridized carbons (Fsp3) is 0.441. The summed E-state index contributed by atoms with van der Waals surface area (Å²) in [5.74, 6) is 3.55. The number of benzene rings is 3. The van der Waals surface area contributed by atoms with E-state index in [4.69, 9.17) is 4.74 Å². The molecule has 2 fully saturated rings. The highest BCUT2D eigenvalue weighted by atomic mass is 19.1. The van der Waals surface area contributed by atoms with E-state index in [2.05, 4.69) is 23.2 Å². The summed E-state index contributed by atoms with van der Waals surface area (Å²) in [7, 11) is 0. The molecule has 3 atom stereocenters. The number of hydrogen-bond acceptors (Lipinski definition) is 3. The molecule has 2 aliphatic carbocycles. The Morgan fingerprint density at radius 2 is 1.74 bits per heavy atom. The molecule has 0 aliphatic heterocycles. The molecule has 1 heterocycles. The van der Waals surface area contributed by atoms with Crippen molar-refractivity contribution in [3.8, 4) is 5.75 Å². The normalized spacial score (nSPS) is 23.6. The number of para-hydroxylation sites is 1. The summed E-state index contributed by atoms with van der Waals surface area (Å²) in [6, 6.07) is 20.6. The van der Waals surface area contributed by atoms with Crippen LogP contribution < -0.4 is 4.74 Å². The molecule has 0 saturated heterocycles. The van der Waals surface area contributed by atoms with E-state index in [1.54, 1.807) is 12.1 Å². The number of halogens is 1. The third kappa shape index (κ3) is 6.19. The number of Topliss-reactive ketones (excluding diaryl/α,β-unsaturated/α-hetero) is 1. The number of nitrogens with one attached hydrogen (secondary N) is 1. The Morgan fingerprint density at radius 1 is 0.974 bits per heavy atom. The molecular weight excluding hydrogens is 489 g/mol. The quantitative estimate of drug-likeness (QED) is 0.211. The van der Waals surface area contributed by atoms with Gasteiger partial charge in [-0.05, 0) is 91.7 Å². The van der Waals surface area contributed by atoms with Crippen LogP contribution in [0.5, 0.6) is 5.75 Å². The van der Waals surface area contributed by atoms with Crippen LogP contribution in [0.15, 0.2) is 66.7 Å². The molecule has 4 nitrogen and oxygen atoms in total. The van der Waals surface area contributed by atoms with Gasteiger partial charge in [0.25, 0.3) is 0 Å². The second-order valence-electron chi connectivity index (χ2n) is 11.9. The highest BCUT2D eigenvalue weighted by Crippen LogP contribution is 2.52. The number of carbonyl (C=O) groups is 1. The fourth-order valence-electron chi connectivity index (χ4n) is 6.90. The molecule has 2 saturated carbocycles. The van der Waals surface area contributed by atoms with Gasteiger partial charge in [-0.3, -0.25) is 4.79 Å². The van der Waals surface area contributed by atoms with Crippen molar-refractivity contribution in [3.63, 3.8) is 0 Å². The number of aromatic amines is 1. The van der Waals surface area contributed by atoms with Crippen LogP contribution in [0.1, 0.15) is 56.9 Å². The smallest absolute Gasteiger partial charge is 0.137 e. The molecule has 39 heavy (non-hydrogen) atoms. The predicted octanol–water partition coefficient (Wildman–Crippen LogP) is 7.62. The minimum atomic E-state index is -0.455. The summed E-state index contributed by atoms with van der Waals surface area (Å²) in [4.78, 5) is 15.8. The van der Waals surface area contributed by atoms with Crippen LogP contribution in [0.4, 0.5) is 4.39 Å². The maximum Gasteiger partial charge on any atom is 0.137 e. The Labute approximate surface area is 229 Å². The molecule has 2 N–H and O–H groups in total. The third-order valence-electron chi connectivity index (χ3n) is 9.12. The molecule has 4 aromatic rings. The first kappa shape index (κ1) is 26.1. The SMILES string of the molecule is O=C(CCC1CCC(C2CC2CC(O)COc2cccc3[nH]c4ccccc4c23)CC1)Cc1ccc(F)cc1. The third-order valence-corrected chi connectivity index (χ3v) is 9.12. The van der Waals surface area contributed by atoms with E-state index in [0.29, 0.717) is 31.3 Å². The molecule has 5 heteroatoms. The minimum Gasteiger partial charge on any atom is -0.490 e. The predicted molar refractivity (Wildman–Crippen MR) is 153 cm³/mol. The molecule has 3 aromatic carbocycles. The highest BCUT2D eigenvalue weighted by Gasteiger charge is 2.44. The number of aromatic nitrogens is 1. The second-order valence-corrected chi connectivity index (χ2v) is 11.9. The van der Waals surface area contributed by atoms with E-state index in [1.165, 1.54) is 44.2 Å². The molecule has 0 amide bonds. The number of aliphatic hydroxyl groups is 1. The molecule has 0 spiro atoms. The maximum absolute atomic E-state index is 13.1. The lowest BCUT2D eigenvalue weighted by Crippen LogP contribution is -2.20. The van der Waals surface area contributed by atoms with Crippen molar-refractivity contribution < 1.29 is 19.0 Å². The van der Waals surface area contributed by atoms with E-state index in [1.807, 2.05) is 24.3 Å². The number of aliphatic hydroxyl groups excluding tert-OH is 1. The van der Waals surface area contributed by atoms with Gasteiger partial charge in [-0.25, -0.2) is 4.39 Å². The van der Waals surface area contributed by atoms with E-state index in [0.717, 1.165) is 57.8 Å². The number of ether oxygens (including phenoxy) is 1. The van der Waals surface area contributed by atoms with Gasteiger partial charge in [0.15, 0.2) is 0 Å². The average Bonchev–Trinajstić information content (AvgIpc) is 3.60. The second kappa shape index (κ2) is 11.5. The summed E-state index contributed by atoms with van der Waals surface area (Å²) >= 11 is 0. The van der Waals surface area contributed by atoms with Crippen molar-refractivity contribution in [2.24, 2.45) is 23.7 Å². The zero-order valence-corrected chi connectivity index (χ0v) is 22.5. The largest absolute Gasteiger partial charge is 0.490 e. The molecule has 3 unspecified atom stereocenters. The Morgan fingerprint density at radius 3 is 2.56 bits per heavy atom. The number of rotatable bonds is 11. The van der Waals surface area contributed by atoms with Crippen LogP contribution in [0.3, 0.4) is 0 Å². The van der Waals surface area contributed by atoms with E-state index in [-0.39, 0.29) is 11.6 Å². The lowest BCUT2D eigenvalue weighted by molar-refractivity contribution is -0.118. The van der Waals surface area contributed by atoms with E-state index >= 15 is 0 Å². The van der Waals surface area contributed by atoms with Crippen LogP contribution in [0.2, 0.25) is 0 Å². The van der Waals surface area contributed by atoms with Crippen LogP contribution in [0, 0.1) is 29.5 Å². The van der Waals surface area contributed by atoms with Gasteiger partial charge in [0.05, 0.1) is 11.6 Å². The summed E-state index contributed by atoms with van der Waals surface area (Å²) in [6.45, 7) is 0.320. The Bertz CT molecular complexity index is 1420. The summed E-state index contributed by atoms with van der Waals surface area (Å²) < 4.78 is 19.2. The number of fused-ring (bicyclic) bond motifs is 3. The van der Waals surface area contributed by atoms with Crippen LogP contribution >= 0.6 is 0 Å². The van der Waals surface area contributed by atoms with Gasteiger partial charge in [0.1, 0.15) is 24.0 Å². The maximum atomic E-state index is 13.1. The van der Waals surface area contributed by atoms with Gasteiger partial charge in [-0.2, -0.15) is 0 Å². The van der Waals surface area contributed by atoms with Crippen molar-refractivity contribution in [2.75, 3.05) is 6.61 Å². The van der Waals surface area contributed by atoms with Crippen LogP contribution in [0.25, 0.3) is 21.8 Å². The molecule has 2 aliphatic rings. The minimum absolute atomic E-state index is 0.253. The van der Waals surface area contributed by atoms with E-state index in [9.17, 15) is 14.3 Å². The van der Waals surface area contributed by atoms with Gasteiger partial charge >= 0.3 is 0 Å². The van der Waals surface area contributed by atoms with Gasteiger partial charge in [0.2, 0.25) is 0 Å². The summed E-state index contributed by atoms with van der Waals surface area (Å²) in [6.07, 6.45) is 8.48. The lowest BCUT2D eigenvalue weighted by atomic mass is 9.77. The summed E-state index contributed by atoms with van der Waals surface area (Å²) in [5, 5.41) is 13.0. The molecule has 6 rings (SSSR count). The van der Waals surface area contributed by atoms with E-state index < -0.39 is 6.10 Å². The number of carbonyl (C=O) groups excluding carboxylic acids is 1. The molecule has 204 valence electrons. The number of hydrogen-bond donors (Lipinski definition) is 2. The van der Waals surface area contributed by atoms with Crippen LogP contribution in [-0.2, 0) is 11.2 Å². The Balaban J connectivity index is 0.917. The first-order valence-corrected chi connectivity index (χ1v) is 14.6. The Hall–Kier alpha value is -3.18. The standard InChI is InChI=1S/C34H38FNO3/c35-26-15-10-23(11-16-26)18-27(37)17-12-22-8-13-24(14-9-22)30-20-25(30)19-28(38)21-39-33-7-3-6-32-34(33)29-4-1-2-5-31(29)36-32/h1-7,10-11,15-16,22,24-25,28,30,36,38H,8-9,12-14,17-21H2. The van der Waals surface area contributed by atoms with Gasteiger partial charge < -0.3 is 14.8 Å². The van der Waals surface area contributed by atoms with Crippen molar-refractivity contribution in [2.45, 2.75) is 63.9 Å². The van der Waals surface area contributed by atoms with Gasteiger partial charge in [0, 0.05) is 29.1 Å². The number of H-pyrrole nitrogens is 1. The van der Waals surface area contributed by atoms with Crippen molar-refractivity contribution in [1.82, 2.24) is 4.98 Å². The molecule has 0 bridgehead atoms. The topological polar surface area (TPSA) is 62.3 Å². The zero-order valence-electron chi connectivity index (χ0n) is 22.5.